The highest BCUT2D eigenvalue weighted by molar-refractivity contribution is 5.81. The number of hydrogen-bond acceptors (Lipinski definition) is 3. The maximum Gasteiger partial charge on any atom is 0.237 e. The summed E-state index contributed by atoms with van der Waals surface area (Å²) >= 11 is 0. The molecule has 1 amide bonds. The molecule has 1 aliphatic carbocycles. The second kappa shape index (κ2) is 5.65. The van der Waals surface area contributed by atoms with Crippen LogP contribution in [0, 0.1) is 11.3 Å². The Morgan fingerprint density at radius 1 is 1.50 bits per heavy atom. The Labute approximate surface area is 107 Å². The molecule has 0 bridgehead atoms. The van der Waals surface area contributed by atoms with Crippen molar-refractivity contribution in [1.82, 2.24) is 10.6 Å². The Morgan fingerprint density at radius 2 is 2.22 bits per heavy atom. The van der Waals surface area contributed by atoms with Crippen molar-refractivity contribution in [1.29, 1.82) is 5.26 Å². The molecule has 1 aromatic rings. The van der Waals surface area contributed by atoms with Gasteiger partial charge in [0.15, 0.2) is 0 Å². The van der Waals surface area contributed by atoms with Gasteiger partial charge < -0.3 is 10.6 Å². The van der Waals surface area contributed by atoms with Crippen molar-refractivity contribution in [3.05, 3.63) is 35.4 Å². The summed E-state index contributed by atoms with van der Waals surface area (Å²) in [5.41, 5.74) is 1.57. The number of nitriles is 1. The van der Waals surface area contributed by atoms with Gasteiger partial charge in [0.05, 0.1) is 17.7 Å². The molecule has 0 heterocycles. The smallest absolute Gasteiger partial charge is 0.237 e. The first-order valence-corrected chi connectivity index (χ1v) is 6.22. The van der Waals surface area contributed by atoms with Crippen LogP contribution in [0.2, 0.25) is 0 Å². The number of carbonyl (C=O) groups excluding carboxylic acids is 1. The first-order valence-electron chi connectivity index (χ1n) is 6.22. The largest absolute Gasteiger partial charge is 0.352 e. The normalized spacial score (nSPS) is 15.8. The molecule has 1 atom stereocenters. The first kappa shape index (κ1) is 12.6. The fourth-order valence-corrected chi connectivity index (χ4v) is 1.69. The summed E-state index contributed by atoms with van der Waals surface area (Å²) in [5.74, 6) is 0.0342. The molecule has 18 heavy (non-hydrogen) atoms. The maximum absolute atomic E-state index is 11.7. The minimum Gasteiger partial charge on any atom is -0.352 e. The highest BCUT2D eigenvalue weighted by Gasteiger charge is 2.25. The van der Waals surface area contributed by atoms with E-state index in [1.807, 2.05) is 25.1 Å². The number of rotatable bonds is 5. The van der Waals surface area contributed by atoms with Gasteiger partial charge in [0, 0.05) is 12.6 Å². The molecule has 1 saturated carbocycles. The Balaban J connectivity index is 1.86. The molecule has 1 aliphatic rings. The molecule has 2 N–H and O–H groups in total. The molecule has 0 aromatic heterocycles. The van der Waals surface area contributed by atoms with Gasteiger partial charge in [-0.3, -0.25) is 4.79 Å². The van der Waals surface area contributed by atoms with Crippen molar-refractivity contribution in [3.8, 4) is 6.07 Å². The summed E-state index contributed by atoms with van der Waals surface area (Å²) in [6.45, 7) is 2.37. The number of hydrogen-bond donors (Lipinski definition) is 2. The van der Waals surface area contributed by atoms with Crippen LogP contribution in [0.25, 0.3) is 0 Å². The molecule has 1 aromatic carbocycles. The van der Waals surface area contributed by atoms with Crippen LogP contribution >= 0.6 is 0 Å². The zero-order valence-electron chi connectivity index (χ0n) is 10.4. The second-order valence-corrected chi connectivity index (χ2v) is 4.65. The molecule has 0 radical (unpaired) electrons. The predicted octanol–water partition coefficient (Wildman–Crippen LogP) is 1.31. The molecular formula is C14H17N3O. The topological polar surface area (TPSA) is 64.9 Å². The van der Waals surface area contributed by atoms with Gasteiger partial charge in [-0.05, 0) is 31.4 Å². The molecule has 4 nitrogen and oxygen atoms in total. The minimum atomic E-state index is -0.239. The average molecular weight is 243 g/mol. The Bertz CT molecular complexity index is 474. The molecule has 1 fully saturated rings. The number of nitrogens with one attached hydrogen (secondary N) is 2. The lowest BCUT2D eigenvalue weighted by Crippen LogP contribution is -2.42. The number of amides is 1. The monoisotopic (exact) mass is 243 g/mol. The van der Waals surface area contributed by atoms with Crippen LogP contribution < -0.4 is 10.6 Å². The Morgan fingerprint density at radius 3 is 2.89 bits per heavy atom. The van der Waals surface area contributed by atoms with Crippen molar-refractivity contribution >= 4 is 5.91 Å². The van der Waals surface area contributed by atoms with Crippen LogP contribution in [0.15, 0.2) is 24.3 Å². The third-order valence-corrected chi connectivity index (χ3v) is 3.05. The van der Waals surface area contributed by atoms with Gasteiger partial charge in [-0.25, -0.2) is 0 Å². The third kappa shape index (κ3) is 3.31. The SMILES string of the molecule is CC(NCc1ccccc1C#N)C(=O)NC1CC1. The van der Waals surface area contributed by atoms with Crippen molar-refractivity contribution in [3.63, 3.8) is 0 Å². The van der Waals surface area contributed by atoms with Crippen molar-refractivity contribution < 1.29 is 4.79 Å². The van der Waals surface area contributed by atoms with Crippen LogP contribution in [0.3, 0.4) is 0 Å². The maximum atomic E-state index is 11.7. The van der Waals surface area contributed by atoms with E-state index in [9.17, 15) is 4.79 Å². The molecule has 94 valence electrons. The fourth-order valence-electron chi connectivity index (χ4n) is 1.69. The van der Waals surface area contributed by atoms with E-state index < -0.39 is 0 Å². The van der Waals surface area contributed by atoms with Gasteiger partial charge in [0.25, 0.3) is 0 Å². The summed E-state index contributed by atoms with van der Waals surface area (Å²) in [5, 5.41) is 15.1. The van der Waals surface area contributed by atoms with E-state index in [2.05, 4.69) is 16.7 Å². The van der Waals surface area contributed by atoms with Gasteiger partial charge >= 0.3 is 0 Å². The van der Waals surface area contributed by atoms with Crippen LogP contribution in [0.1, 0.15) is 30.9 Å². The summed E-state index contributed by atoms with van der Waals surface area (Å²) in [7, 11) is 0. The van der Waals surface area contributed by atoms with E-state index >= 15 is 0 Å². The van der Waals surface area contributed by atoms with Crippen LogP contribution in [-0.2, 0) is 11.3 Å². The zero-order valence-corrected chi connectivity index (χ0v) is 10.4. The summed E-state index contributed by atoms with van der Waals surface area (Å²) in [6.07, 6.45) is 2.19. The quantitative estimate of drug-likeness (QED) is 0.819. The molecule has 0 aliphatic heterocycles. The number of carbonyl (C=O) groups is 1. The summed E-state index contributed by atoms with van der Waals surface area (Å²) < 4.78 is 0. The molecule has 1 unspecified atom stereocenters. The molecule has 4 heteroatoms. The van der Waals surface area contributed by atoms with Gasteiger partial charge in [-0.1, -0.05) is 18.2 Å². The van der Waals surface area contributed by atoms with E-state index in [0.29, 0.717) is 18.2 Å². The lowest BCUT2D eigenvalue weighted by molar-refractivity contribution is -0.122. The van der Waals surface area contributed by atoms with Gasteiger partial charge in [0.2, 0.25) is 5.91 Å². The number of nitrogens with zero attached hydrogens (tertiary/aromatic N) is 1. The molecule has 2 rings (SSSR count). The lowest BCUT2D eigenvalue weighted by atomic mass is 10.1. The summed E-state index contributed by atoms with van der Waals surface area (Å²) in [4.78, 5) is 11.7. The van der Waals surface area contributed by atoms with Crippen LogP contribution in [0.5, 0.6) is 0 Å². The van der Waals surface area contributed by atoms with Crippen molar-refractivity contribution in [2.75, 3.05) is 0 Å². The summed E-state index contributed by atoms with van der Waals surface area (Å²) in [6, 6.07) is 9.71. The standard InChI is InChI=1S/C14H17N3O/c1-10(14(18)17-13-6-7-13)16-9-12-5-3-2-4-11(12)8-15/h2-5,10,13,16H,6-7,9H2,1H3,(H,17,18). The zero-order chi connectivity index (χ0) is 13.0. The van der Waals surface area contributed by atoms with E-state index in [4.69, 9.17) is 5.26 Å². The fraction of sp³-hybridized carbons (Fsp3) is 0.429. The van der Waals surface area contributed by atoms with Crippen LogP contribution in [0.4, 0.5) is 0 Å². The first-order chi connectivity index (χ1) is 8.70. The van der Waals surface area contributed by atoms with E-state index in [-0.39, 0.29) is 11.9 Å². The minimum absolute atomic E-state index is 0.0342. The molecule has 0 saturated heterocycles. The molecular weight excluding hydrogens is 226 g/mol. The predicted molar refractivity (Wildman–Crippen MR) is 68.6 cm³/mol. The Hall–Kier alpha value is -1.86. The van der Waals surface area contributed by atoms with Gasteiger partial charge in [0.1, 0.15) is 0 Å². The van der Waals surface area contributed by atoms with Gasteiger partial charge in [-0.2, -0.15) is 5.26 Å². The average Bonchev–Trinajstić information content (AvgIpc) is 3.20. The highest BCUT2D eigenvalue weighted by Crippen LogP contribution is 2.18. The molecule has 0 spiro atoms. The lowest BCUT2D eigenvalue weighted by Gasteiger charge is -2.14. The Kier molecular flexibility index (Phi) is 3.96. The van der Waals surface area contributed by atoms with Crippen molar-refractivity contribution in [2.24, 2.45) is 0 Å². The van der Waals surface area contributed by atoms with E-state index in [1.165, 1.54) is 0 Å². The van der Waals surface area contributed by atoms with Gasteiger partial charge in [-0.15, -0.1) is 0 Å². The van der Waals surface area contributed by atoms with Crippen LogP contribution in [-0.4, -0.2) is 18.0 Å². The number of benzene rings is 1. The van der Waals surface area contributed by atoms with E-state index in [0.717, 1.165) is 18.4 Å². The third-order valence-electron chi connectivity index (χ3n) is 3.05. The van der Waals surface area contributed by atoms with Crippen molar-refractivity contribution in [2.45, 2.75) is 38.4 Å². The highest BCUT2D eigenvalue weighted by atomic mass is 16.2. The second-order valence-electron chi connectivity index (χ2n) is 4.65. The van der Waals surface area contributed by atoms with E-state index in [1.54, 1.807) is 6.07 Å².